The number of piperidine rings is 1. The molecule has 3 rings (SSSR count). The summed E-state index contributed by atoms with van der Waals surface area (Å²) in [4.78, 5) is 14.4. The van der Waals surface area contributed by atoms with E-state index in [1.54, 1.807) is 0 Å². The molecule has 6 heteroatoms. The number of anilines is 1. The summed E-state index contributed by atoms with van der Waals surface area (Å²) in [7, 11) is 2.00. The summed E-state index contributed by atoms with van der Waals surface area (Å²) < 4.78 is 10.6. The highest BCUT2D eigenvalue weighted by molar-refractivity contribution is 5.92. The maximum Gasteiger partial charge on any atom is 0.238 e. The second kappa shape index (κ2) is 7.66. The zero-order valence-electron chi connectivity index (χ0n) is 13.6. The van der Waals surface area contributed by atoms with Gasteiger partial charge < -0.3 is 20.1 Å². The Kier molecular flexibility index (Phi) is 5.35. The molecule has 2 aliphatic rings. The van der Waals surface area contributed by atoms with Gasteiger partial charge in [-0.2, -0.15) is 0 Å². The molecule has 23 heavy (non-hydrogen) atoms. The van der Waals surface area contributed by atoms with Crippen molar-refractivity contribution in [3.8, 4) is 11.5 Å². The minimum Gasteiger partial charge on any atom is -0.454 e. The van der Waals surface area contributed by atoms with Crippen molar-refractivity contribution in [3.05, 3.63) is 18.2 Å². The molecule has 0 radical (unpaired) electrons. The van der Waals surface area contributed by atoms with Crippen LogP contribution < -0.4 is 20.1 Å². The first-order valence-electron chi connectivity index (χ1n) is 8.31. The van der Waals surface area contributed by atoms with Crippen molar-refractivity contribution in [1.82, 2.24) is 10.2 Å². The van der Waals surface area contributed by atoms with E-state index >= 15 is 0 Å². The highest BCUT2D eigenvalue weighted by Crippen LogP contribution is 2.34. The Morgan fingerprint density at radius 1 is 1.26 bits per heavy atom. The number of carbonyl (C=O) groups is 1. The third-order valence-electron chi connectivity index (χ3n) is 4.53. The van der Waals surface area contributed by atoms with Gasteiger partial charge in [0.05, 0.1) is 6.54 Å². The number of hydrogen-bond acceptors (Lipinski definition) is 5. The number of nitrogens with one attached hydrogen (secondary N) is 2. The Labute approximate surface area is 137 Å². The molecule has 1 aromatic carbocycles. The molecule has 2 heterocycles. The molecular formula is C17H25N3O3. The molecule has 1 saturated heterocycles. The first kappa shape index (κ1) is 16.1. The summed E-state index contributed by atoms with van der Waals surface area (Å²) in [6.07, 6.45) is 3.59. The number of amides is 1. The van der Waals surface area contributed by atoms with Crippen LogP contribution in [0.1, 0.15) is 19.3 Å². The SMILES string of the molecule is CNCCC1CCN(CC(=O)Nc2ccc3c(c2)OCO3)CC1. The van der Waals surface area contributed by atoms with Crippen LogP contribution >= 0.6 is 0 Å². The van der Waals surface area contributed by atoms with E-state index in [4.69, 9.17) is 9.47 Å². The first-order valence-corrected chi connectivity index (χ1v) is 8.31. The molecular weight excluding hydrogens is 294 g/mol. The van der Waals surface area contributed by atoms with Gasteiger partial charge in [-0.05, 0) is 64.0 Å². The second-order valence-corrected chi connectivity index (χ2v) is 6.23. The quantitative estimate of drug-likeness (QED) is 0.835. The van der Waals surface area contributed by atoms with E-state index in [0.29, 0.717) is 12.3 Å². The minimum absolute atomic E-state index is 0.0255. The summed E-state index contributed by atoms with van der Waals surface area (Å²) in [5.74, 6) is 2.23. The predicted octanol–water partition coefficient (Wildman–Crippen LogP) is 1.68. The Balaban J connectivity index is 1.43. The topological polar surface area (TPSA) is 62.8 Å². The number of ether oxygens (including phenoxy) is 2. The van der Waals surface area contributed by atoms with Crippen LogP contribution in [0.2, 0.25) is 0 Å². The van der Waals surface area contributed by atoms with Crippen molar-refractivity contribution in [2.75, 3.05) is 45.3 Å². The average molecular weight is 319 g/mol. The summed E-state index contributed by atoms with van der Waals surface area (Å²) in [5, 5.41) is 6.14. The first-order chi connectivity index (χ1) is 11.2. The molecule has 0 saturated carbocycles. The molecule has 0 spiro atoms. The maximum absolute atomic E-state index is 12.2. The number of benzene rings is 1. The summed E-state index contributed by atoms with van der Waals surface area (Å²) in [6.45, 7) is 3.78. The van der Waals surface area contributed by atoms with Crippen LogP contribution in [0.25, 0.3) is 0 Å². The normalized spacial score (nSPS) is 18.1. The summed E-state index contributed by atoms with van der Waals surface area (Å²) in [6, 6.07) is 5.48. The van der Waals surface area contributed by atoms with Crippen LogP contribution in [0.5, 0.6) is 11.5 Å². The number of fused-ring (bicyclic) bond motifs is 1. The molecule has 0 aliphatic carbocycles. The van der Waals surface area contributed by atoms with Crippen molar-refractivity contribution in [3.63, 3.8) is 0 Å². The zero-order valence-corrected chi connectivity index (χ0v) is 13.6. The van der Waals surface area contributed by atoms with Gasteiger partial charge in [-0.15, -0.1) is 0 Å². The van der Waals surface area contributed by atoms with E-state index in [1.807, 2.05) is 25.2 Å². The lowest BCUT2D eigenvalue weighted by Crippen LogP contribution is -2.39. The van der Waals surface area contributed by atoms with Crippen molar-refractivity contribution in [1.29, 1.82) is 0 Å². The molecule has 0 bridgehead atoms. The van der Waals surface area contributed by atoms with Gasteiger partial charge in [0.15, 0.2) is 11.5 Å². The van der Waals surface area contributed by atoms with Crippen LogP contribution in [0, 0.1) is 5.92 Å². The fraction of sp³-hybridized carbons (Fsp3) is 0.588. The van der Waals surface area contributed by atoms with Gasteiger partial charge in [0.2, 0.25) is 12.7 Å². The number of nitrogens with zero attached hydrogens (tertiary/aromatic N) is 1. The van der Waals surface area contributed by atoms with Crippen LogP contribution in [-0.2, 0) is 4.79 Å². The smallest absolute Gasteiger partial charge is 0.238 e. The van der Waals surface area contributed by atoms with Crippen LogP contribution in [0.4, 0.5) is 5.69 Å². The minimum atomic E-state index is 0.0255. The van der Waals surface area contributed by atoms with E-state index in [0.717, 1.165) is 37.0 Å². The maximum atomic E-state index is 12.2. The molecule has 1 aromatic rings. The number of rotatable bonds is 6. The molecule has 1 fully saturated rings. The predicted molar refractivity (Wildman–Crippen MR) is 88.9 cm³/mol. The fourth-order valence-corrected chi connectivity index (χ4v) is 3.16. The van der Waals surface area contributed by atoms with Gasteiger partial charge in [0.25, 0.3) is 0 Å². The Hall–Kier alpha value is -1.79. The van der Waals surface area contributed by atoms with E-state index < -0.39 is 0 Å². The molecule has 2 N–H and O–H groups in total. The summed E-state index contributed by atoms with van der Waals surface area (Å²) in [5.41, 5.74) is 0.753. The van der Waals surface area contributed by atoms with E-state index in [2.05, 4.69) is 15.5 Å². The fourth-order valence-electron chi connectivity index (χ4n) is 3.16. The van der Waals surface area contributed by atoms with Gasteiger partial charge in [-0.1, -0.05) is 0 Å². The molecule has 126 valence electrons. The lowest BCUT2D eigenvalue weighted by Gasteiger charge is -2.31. The zero-order chi connectivity index (χ0) is 16.1. The van der Waals surface area contributed by atoms with Crippen LogP contribution in [-0.4, -0.2) is 50.8 Å². The molecule has 6 nitrogen and oxygen atoms in total. The second-order valence-electron chi connectivity index (χ2n) is 6.23. The standard InChI is InChI=1S/C17H25N3O3/c1-18-7-4-13-5-8-20(9-6-13)11-17(21)19-14-2-3-15-16(10-14)23-12-22-15/h2-3,10,13,18H,4-9,11-12H2,1H3,(H,19,21). The molecule has 0 unspecified atom stereocenters. The van der Waals surface area contributed by atoms with Crippen molar-refractivity contribution in [2.45, 2.75) is 19.3 Å². The molecule has 1 amide bonds. The van der Waals surface area contributed by atoms with E-state index in [1.165, 1.54) is 19.3 Å². The van der Waals surface area contributed by atoms with Gasteiger partial charge in [0.1, 0.15) is 0 Å². The third-order valence-corrected chi connectivity index (χ3v) is 4.53. The number of carbonyl (C=O) groups excluding carboxylic acids is 1. The average Bonchev–Trinajstić information content (AvgIpc) is 3.02. The monoisotopic (exact) mass is 319 g/mol. The van der Waals surface area contributed by atoms with Gasteiger partial charge in [-0.3, -0.25) is 9.69 Å². The highest BCUT2D eigenvalue weighted by atomic mass is 16.7. The van der Waals surface area contributed by atoms with Crippen LogP contribution in [0.15, 0.2) is 18.2 Å². The highest BCUT2D eigenvalue weighted by Gasteiger charge is 2.21. The molecule has 2 aliphatic heterocycles. The Morgan fingerprint density at radius 2 is 2.04 bits per heavy atom. The largest absolute Gasteiger partial charge is 0.454 e. The van der Waals surface area contributed by atoms with E-state index in [-0.39, 0.29) is 12.7 Å². The lowest BCUT2D eigenvalue weighted by atomic mass is 9.93. The van der Waals surface area contributed by atoms with Gasteiger partial charge in [0, 0.05) is 11.8 Å². The van der Waals surface area contributed by atoms with Gasteiger partial charge in [-0.25, -0.2) is 0 Å². The van der Waals surface area contributed by atoms with Crippen LogP contribution in [0.3, 0.4) is 0 Å². The lowest BCUT2D eigenvalue weighted by molar-refractivity contribution is -0.117. The van der Waals surface area contributed by atoms with Crippen molar-refractivity contribution < 1.29 is 14.3 Å². The van der Waals surface area contributed by atoms with Crippen molar-refractivity contribution in [2.24, 2.45) is 5.92 Å². The number of likely N-dealkylation sites (tertiary alicyclic amines) is 1. The number of hydrogen-bond donors (Lipinski definition) is 2. The summed E-state index contributed by atoms with van der Waals surface area (Å²) >= 11 is 0. The van der Waals surface area contributed by atoms with Gasteiger partial charge >= 0.3 is 0 Å². The Bertz CT molecular complexity index is 542. The van der Waals surface area contributed by atoms with E-state index in [9.17, 15) is 4.79 Å². The molecule has 0 aromatic heterocycles. The molecule has 0 atom stereocenters. The Morgan fingerprint density at radius 3 is 2.83 bits per heavy atom. The van der Waals surface area contributed by atoms with Crippen molar-refractivity contribution >= 4 is 11.6 Å². The third kappa shape index (κ3) is 4.36.